The molecule has 0 radical (unpaired) electrons. The Balaban J connectivity index is 1.41. The van der Waals surface area contributed by atoms with Crippen molar-refractivity contribution < 1.29 is 9.59 Å². The van der Waals surface area contributed by atoms with E-state index >= 15 is 0 Å². The molecule has 2 heterocycles. The smallest absolute Gasteiger partial charge is 0.232 e. The summed E-state index contributed by atoms with van der Waals surface area (Å²) >= 11 is 0. The molecule has 0 saturated heterocycles. The summed E-state index contributed by atoms with van der Waals surface area (Å²) < 4.78 is 0. The van der Waals surface area contributed by atoms with Crippen LogP contribution in [0, 0.1) is 13.8 Å². The molecule has 0 aliphatic carbocycles. The van der Waals surface area contributed by atoms with Gasteiger partial charge in [-0.05, 0) is 30.5 Å². The number of nitrogens with zero attached hydrogens (tertiary/aromatic N) is 2. The lowest BCUT2D eigenvalue weighted by Crippen LogP contribution is -2.27. The molecular formula is C21H21N5O2. The number of aromatic amines is 1. The highest BCUT2D eigenvalue weighted by molar-refractivity contribution is 6.06. The van der Waals surface area contributed by atoms with Crippen molar-refractivity contribution in [1.29, 1.82) is 0 Å². The third-order valence-electron chi connectivity index (χ3n) is 4.99. The zero-order chi connectivity index (χ0) is 19.7. The van der Waals surface area contributed by atoms with Crippen LogP contribution in [0.5, 0.6) is 0 Å². The lowest BCUT2D eigenvalue weighted by Gasteiger charge is -2.12. The Morgan fingerprint density at radius 3 is 2.64 bits per heavy atom. The second-order valence-corrected chi connectivity index (χ2v) is 6.98. The van der Waals surface area contributed by atoms with Crippen LogP contribution in [0.25, 0.3) is 11.4 Å². The number of aryl methyl sites for hydroxylation is 2. The van der Waals surface area contributed by atoms with E-state index in [0.717, 1.165) is 27.9 Å². The van der Waals surface area contributed by atoms with Crippen LogP contribution in [0.2, 0.25) is 0 Å². The number of amides is 2. The van der Waals surface area contributed by atoms with Gasteiger partial charge in [0, 0.05) is 17.7 Å². The number of aromatic nitrogens is 3. The first-order chi connectivity index (χ1) is 13.5. The molecule has 28 heavy (non-hydrogen) atoms. The predicted molar refractivity (Wildman–Crippen MR) is 106 cm³/mol. The molecule has 2 aromatic carbocycles. The minimum Gasteiger partial charge on any atom is -0.349 e. The van der Waals surface area contributed by atoms with Gasteiger partial charge in [0.05, 0.1) is 12.5 Å². The van der Waals surface area contributed by atoms with Gasteiger partial charge in [0.1, 0.15) is 5.82 Å². The van der Waals surface area contributed by atoms with Crippen LogP contribution in [0.3, 0.4) is 0 Å². The van der Waals surface area contributed by atoms with Crippen LogP contribution >= 0.6 is 0 Å². The SMILES string of the molecule is Cc1ccc(C)c2c1NC(=O)C2CC(=O)NCc1nc(-c2ccccc2)n[nH]1. The summed E-state index contributed by atoms with van der Waals surface area (Å²) in [6, 6.07) is 13.6. The van der Waals surface area contributed by atoms with E-state index < -0.39 is 5.92 Å². The summed E-state index contributed by atoms with van der Waals surface area (Å²) in [7, 11) is 0. The maximum atomic E-state index is 12.4. The molecule has 3 aromatic rings. The van der Waals surface area contributed by atoms with Crippen molar-refractivity contribution in [1.82, 2.24) is 20.5 Å². The number of anilines is 1. The summed E-state index contributed by atoms with van der Waals surface area (Å²) in [6.07, 6.45) is 0.100. The van der Waals surface area contributed by atoms with E-state index in [1.165, 1.54) is 0 Å². The second kappa shape index (κ2) is 7.26. The standard InChI is InChI=1S/C21H21N5O2/c1-12-8-9-13(2)19-18(12)15(21(28)24-19)10-17(27)22-11-16-23-20(26-25-16)14-6-4-3-5-7-14/h3-9,15H,10-11H2,1-2H3,(H,22,27)(H,24,28)(H,23,25,26). The Hall–Kier alpha value is -3.48. The molecule has 0 bridgehead atoms. The maximum Gasteiger partial charge on any atom is 0.232 e. The highest BCUT2D eigenvalue weighted by atomic mass is 16.2. The Morgan fingerprint density at radius 2 is 1.86 bits per heavy atom. The second-order valence-electron chi connectivity index (χ2n) is 6.98. The van der Waals surface area contributed by atoms with E-state index in [-0.39, 0.29) is 24.8 Å². The highest BCUT2D eigenvalue weighted by Gasteiger charge is 2.34. The van der Waals surface area contributed by atoms with E-state index in [4.69, 9.17) is 0 Å². The van der Waals surface area contributed by atoms with Crippen molar-refractivity contribution in [2.24, 2.45) is 0 Å². The van der Waals surface area contributed by atoms with Crippen LogP contribution < -0.4 is 10.6 Å². The average molecular weight is 375 g/mol. The number of fused-ring (bicyclic) bond motifs is 1. The van der Waals surface area contributed by atoms with Gasteiger partial charge in [0.2, 0.25) is 11.8 Å². The molecule has 1 aliphatic rings. The van der Waals surface area contributed by atoms with E-state index in [1.54, 1.807) is 0 Å². The zero-order valence-corrected chi connectivity index (χ0v) is 15.7. The summed E-state index contributed by atoms with van der Waals surface area (Å²) in [5.41, 5.74) is 4.68. The fraction of sp³-hybridized carbons (Fsp3) is 0.238. The largest absolute Gasteiger partial charge is 0.349 e. The van der Waals surface area contributed by atoms with Crippen LogP contribution in [0.15, 0.2) is 42.5 Å². The van der Waals surface area contributed by atoms with Gasteiger partial charge in [-0.25, -0.2) is 4.98 Å². The van der Waals surface area contributed by atoms with Crippen LogP contribution in [-0.4, -0.2) is 27.0 Å². The van der Waals surface area contributed by atoms with Gasteiger partial charge in [-0.1, -0.05) is 42.5 Å². The highest BCUT2D eigenvalue weighted by Crippen LogP contribution is 2.39. The van der Waals surface area contributed by atoms with Crippen molar-refractivity contribution in [3.63, 3.8) is 0 Å². The summed E-state index contributed by atoms with van der Waals surface area (Å²) in [5, 5.41) is 12.8. The Bertz CT molecular complexity index is 1040. The van der Waals surface area contributed by atoms with E-state index in [9.17, 15) is 9.59 Å². The molecule has 7 heteroatoms. The molecule has 7 nitrogen and oxygen atoms in total. The Morgan fingerprint density at radius 1 is 1.11 bits per heavy atom. The normalized spacial score (nSPS) is 15.2. The van der Waals surface area contributed by atoms with E-state index in [2.05, 4.69) is 25.8 Å². The van der Waals surface area contributed by atoms with Gasteiger partial charge < -0.3 is 10.6 Å². The molecule has 1 aromatic heterocycles. The van der Waals surface area contributed by atoms with Crippen molar-refractivity contribution >= 4 is 17.5 Å². The van der Waals surface area contributed by atoms with Gasteiger partial charge in [0.15, 0.2) is 5.82 Å². The van der Waals surface area contributed by atoms with Crippen LogP contribution in [0.4, 0.5) is 5.69 Å². The van der Waals surface area contributed by atoms with E-state index in [0.29, 0.717) is 11.6 Å². The summed E-state index contributed by atoms with van der Waals surface area (Å²) in [6.45, 7) is 4.14. The molecule has 142 valence electrons. The third-order valence-corrected chi connectivity index (χ3v) is 4.99. The van der Waals surface area contributed by atoms with Crippen molar-refractivity contribution in [3.8, 4) is 11.4 Å². The van der Waals surface area contributed by atoms with Gasteiger partial charge in [0.25, 0.3) is 0 Å². The first-order valence-electron chi connectivity index (χ1n) is 9.17. The number of H-pyrrole nitrogens is 1. The monoisotopic (exact) mass is 375 g/mol. The summed E-state index contributed by atoms with van der Waals surface area (Å²) in [4.78, 5) is 29.2. The van der Waals surface area contributed by atoms with E-state index in [1.807, 2.05) is 56.3 Å². The molecule has 1 aliphatic heterocycles. The minimum absolute atomic E-state index is 0.100. The fourth-order valence-corrected chi connectivity index (χ4v) is 3.51. The molecular weight excluding hydrogens is 354 g/mol. The van der Waals surface area contributed by atoms with Crippen molar-refractivity contribution in [3.05, 3.63) is 65.0 Å². The number of nitrogens with one attached hydrogen (secondary N) is 3. The zero-order valence-electron chi connectivity index (χ0n) is 15.7. The van der Waals surface area contributed by atoms with Crippen LogP contribution in [-0.2, 0) is 16.1 Å². The number of rotatable bonds is 5. The number of carbonyl (C=O) groups excluding carboxylic acids is 2. The fourth-order valence-electron chi connectivity index (χ4n) is 3.51. The lowest BCUT2D eigenvalue weighted by atomic mass is 9.91. The molecule has 0 saturated carbocycles. The third kappa shape index (κ3) is 3.38. The molecule has 4 rings (SSSR count). The molecule has 1 atom stereocenters. The predicted octanol–water partition coefficient (Wildman–Crippen LogP) is 2.83. The molecule has 3 N–H and O–H groups in total. The maximum absolute atomic E-state index is 12.4. The lowest BCUT2D eigenvalue weighted by molar-refractivity contribution is -0.125. The molecule has 0 fully saturated rings. The molecule has 0 spiro atoms. The minimum atomic E-state index is -0.468. The molecule has 2 amide bonds. The van der Waals surface area contributed by atoms with Gasteiger partial charge in [-0.2, -0.15) is 5.10 Å². The van der Waals surface area contributed by atoms with Gasteiger partial charge in [-0.3, -0.25) is 14.7 Å². The quantitative estimate of drug-likeness (QED) is 0.638. The average Bonchev–Trinajstić information content (AvgIpc) is 3.30. The van der Waals surface area contributed by atoms with Gasteiger partial charge in [-0.15, -0.1) is 0 Å². The first kappa shape index (κ1) is 17.9. The Kier molecular flexibility index (Phi) is 4.65. The number of hydrogen-bond donors (Lipinski definition) is 3. The first-order valence-corrected chi connectivity index (χ1v) is 9.17. The van der Waals surface area contributed by atoms with Crippen molar-refractivity contribution in [2.45, 2.75) is 32.7 Å². The van der Waals surface area contributed by atoms with Crippen LogP contribution in [0.1, 0.15) is 34.9 Å². The number of carbonyl (C=O) groups is 2. The number of benzene rings is 2. The topological polar surface area (TPSA) is 99.8 Å². The Labute approximate surface area is 162 Å². The van der Waals surface area contributed by atoms with Crippen molar-refractivity contribution in [2.75, 3.05) is 5.32 Å². The van der Waals surface area contributed by atoms with Gasteiger partial charge >= 0.3 is 0 Å². The summed E-state index contributed by atoms with van der Waals surface area (Å²) in [5.74, 6) is 0.347. The molecule has 1 unspecified atom stereocenters. The number of hydrogen-bond acceptors (Lipinski definition) is 4.